The molecule has 1 heterocycles. The molecule has 0 N–H and O–H groups in total. The molecule has 1 saturated carbocycles. The third kappa shape index (κ3) is 2.68. The lowest BCUT2D eigenvalue weighted by atomic mass is 9.79. The zero-order chi connectivity index (χ0) is 15.0. The first-order chi connectivity index (χ1) is 10.0. The summed E-state index contributed by atoms with van der Waals surface area (Å²) < 4.78 is 11.5. The van der Waals surface area contributed by atoms with Crippen LogP contribution in [0.2, 0.25) is 0 Å². The molecule has 114 valence electrons. The van der Waals surface area contributed by atoms with Gasteiger partial charge >= 0.3 is 0 Å². The zero-order valence-electron chi connectivity index (χ0n) is 12.6. The SMILES string of the molecule is Cc1cc([N+](=O)[O-])c(C)cc1C1CCC2(CC1)OCCO2. The summed E-state index contributed by atoms with van der Waals surface area (Å²) in [6, 6.07) is 3.70. The van der Waals surface area contributed by atoms with Gasteiger partial charge in [0.25, 0.3) is 5.69 Å². The molecule has 21 heavy (non-hydrogen) atoms. The van der Waals surface area contributed by atoms with Crippen LogP contribution in [-0.4, -0.2) is 23.9 Å². The topological polar surface area (TPSA) is 61.6 Å². The highest BCUT2D eigenvalue weighted by atomic mass is 16.7. The first-order valence-electron chi connectivity index (χ1n) is 7.54. The smallest absolute Gasteiger partial charge is 0.272 e. The van der Waals surface area contributed by atoms with Crippen LogP contribution in [-0.2, 0) is 9.47 Å². The molecule has 5 nitrogen and oxygen atoms in total. The second-order valence-corrected chi connectivity index (χ2v) is 6.13. The number of hydrogen-bond donors (Lipinski definition) is 0. The normalized spacial score (nSPS) is 21.8. The van der Waals surface area contributed by atoms with Crippen molar-refractivity contribution in [2.45, 2.75) is 51.2 Å². The Bertz CT molecular complexity index is 554. The summed E-state index contributed by atoms with van der Waals surface area (Å²) in [6.07, 6.45) is 3.84. The van der Waals surface area contributed by atoms with Gasteiger partial charge in [-0.05, 0) is 49.8 Å². The summed E-state index contributed by atoms with van der Waals surface area (Å²) in [7, 11) is 0. The highest BCUT2D eigenvalue weighted by Gasteiger charge is 2.40. The van der Waals surface area contributed by atoms with E-state index in [1.165, 1.54) is 5.56 Å². The summed E-state index contributed by atoms with van der Waals surface area (Å²) in [5, 5.41) is 11.0. The molecule has 2 fully saturated rings. The highest BCUT2D eigenvalue weighted by molar-refractivity contribution is 5.47. The predicted molar refractivity (Wildman–Crippen MR) is 78.4 cm³/mol. The summed E-state index contributed by atoms with van der Waals surface area (Å²) in [4.78, 5) is 10.7. The van der Waals surface area contributed by atoms with E-state index in [0.717, 1.165) is 36.8 Å². The van der Waals surface area contributed by atoms with Crippen molar-refractivity contribution in [1.82, 2.24) is 0 Å². The molecule has 1 aliphatic heterocycles. The number of aryl methyl sites for hydroxylation is 2. The van der Waals surface area contributed by atoms with Gasteiger partial charge in [0.1, 0.15) is 0 Å². The number of nitro groups is 1. The molecule has 0 aromatic heterocycles. The Morgan fingerprint density at radius 2 is 1.76 bits per heavy atom. The molecule has 1 saturated heterocycles. The van der Waals surface area contributed by atoms with Gasteiger partial charge in [0, 0.05) is 24.5 Å². The van der Waals surface area contributed by atoms with Gasteiger partial charge in [0.2, 0.25) is 0 Å². The van der Waals surface area contributed by atoms with Crippen LogP contribution in [0.3, 0.4) is 0 Å². The number of ether oxygens (including phenoxy) is 2. The third-order valence-corrected chi connectivity index (χ3v) is 4.78. The lowest BCUT2D eigenvalue weighted by Crippen LogP contribution is -2.34. The van der Waals surface area contributed by atoms with Crippen LogP contribution < -0.4 is 0 Å². The van der Waals surface area contributed by atoms with Crippen molar-refractivity contribution in [2.24, 2.45) is 0 Å². The number of hydrogen-bond acceptors (Lipinski definition) is 4. The van der Waals surface area contributed by atoms with Gasteiger partial charge in [-0.3, -0.25) is 10.1 Å². The molecular weight excluding hydrogens is 270 g/mol. The second-order valence-electron chi connectivity index (χ2n) is 6.13. The van der Waals surface area contributed by atoms with Crippen LogP contribution in [0.4, 0.5) is 5.69 Å². The first kappa shape index (κ1) is 14.5. The van der Waals surface area contributed by atoms with Gasteiger partial charge in [0.15, 0.2) is 5.79 Å². The Morgan fingerprint density at radius 1 is 1.14 bits per heavy atom. The molecule has 0 unspecified atom stereocenters. The Morgan fingerprint density at radius 3 is 2.33 bits per heavy atom. The van der Waals surface area contributed by atoms with Gasteiger partial charge in [-0.2, -0.15) is 0 Å². The van der Waals surface area contributed by atoms with E-state index in [2.05, 4.69) is 0 Å². The zero-order valence-corrected chi connectivity index (χ0v) is 12.6. The van der Waals surface area contributed by atoms with E-state index in [1.807, 2.05) is 19.9 Å². The molecular formula is C16H21NO4. The first-order valence-corrected chi connectivity index (χ1v) is 7.54. The van der Waals surface area contributed by atoms with Gasteiger partial charge in [-0.25, -0.2) is 0 Å². The van der Waals surface area contributed by atoms with Crippen molar-refractivity contribution in [3.05, 3.63) is 38.9 Å². The monoisotopic (exact) mass is 291 g/mol. The van der Waals surface area contributed by atoms with Crippen molar-refractivity contribution < 1.29 is 14.4 Å². The summed E-state index contributed by atoms with van der Waals surface area (Å²) in [5.41, 5.74) is 3.22. The average molecular weight is 291 g/mol. The van der Waals surface area contributed by atoms with Crippen molar-refractivity contribution >= 4 is 5.69 Å². The van der Waals surface area contributed by atoms with Gasteiger partial charge < -0.3 is 9.47 Å². The number of rotatable bonds is 2. The van der Waals surface area contributed by atoms with Crippen molar-refractivity contribution in [2.75, 3.05) is 13.2 Å². The molecule has 2 aliphatic rings. The molecule has 0 atom stereocenters. The van der Waals surface area contributed by atoms with E-state index < -0.39 is 0 Å². The third-order valence-electron chi connectivity index (χ3n) is 4.78. The molecule has 0 bridgehead atoms. The molecule has 1 aromatic carbocycles. The van der Waals surface area contributed by atoms with Gasteiger partial charge in [-0.15, -0.1) is 0 Å². The average Bonchev–Trinajstić information content (AvgIpc) is 2.90. The number of benzene rings is 1. The molecule has 5 heteroatoms. The second kappa shape index (κ2) is 5.39. The van der Waals surface area contributed by atoms with Crippen molar-refractivity contribution in [3.63, 3.8) is 0 Å². The van der Waals surface area contributed by atoms with E-state index in [1.54, 1.807) is 6.07 Å². The van der Waals surface area contributed by atoms with Gasteiger partial charge in [-0.1, -0.05) is 0 Å². The van der Waals surface area contributed by atoms with E-state index in [-0.39, 0.29) is 16.4 Å². The van der Waals surface area contributed by atoms with Crippen LogP contribution in [0.25, 0.3) is 0 Å². The maximum atomic E-state index is 11.0. The van der Waals surface area contributed by atoms with Crippen LogP contribution in [0, 0.1) is 24.0 Å². The fraction of sp³-hybridized carbons (Fsp3) is 0.625. The Labute approximate surface area is 124 Å². The molecule has 1 aliphatic carbocycles. The quantitative estimate of drug-likeness (QED) is 0.617. The molecule has 1 spiro atoms. The summed E-state index contributed by atoms with van der Waals surface area (Å²) in [6.45, 7) is 5.17. The molecule has 0 radical (unpaired) electrons. The number of nitrogens with zero attached hydrogens (tertiary/aromatic N) is 1. The van der Waals surface area contributed by atoms with E-state index in [4.69, 9.17) is 9.47 Å². The Balaban J connectivity index is 1.79. The summed E-state index contributed by atoms with van der Waals surface area (Å²) >= 11 is 0. The number of nitro benzene ring substituents is 1. The van der Waals surface area contributed by atoms with Crippen LogP contribution in [0.1, 0.15) is 48.3 Å². The van der Waals surface area contributed by atoms with E-state index in [0.29, 0.717) is 19.1 Å². The van der Waals surface area contributed by atoms with E-state index >= 15 is 0 Å². The molecule has 1 aromatic rings. The van der Waals surface area contributed by atoms with Crippen LogP contribution >= 0.6 is 0 Å². The van der Waals surface area contributed by atoms with Crippen LogP contribution in [0.5, 0.6) is 0 Å². The van der Waals surface area contributed by atoms with Crippen molar-refractivity contribution in [3.8, 4) is 0 Å². The Hall–Kier alpha value is -1.46. The largest absolute Gasteiger partial charge is 0.348 e. The van der Waals surface area contributed by atoms with E-state index in [9.17, 15) is 10.1 Å². The predicted octanol–water partition coefficient (Wildman–Crippen LogP) is 3.61. The highest BCUT2D eigenvalue weighted by Crippen LogP contribution is 2.43. The minimum absolute atomic E-state index is 0.214. The fourth-order valence-electron chi connectivity index (χ4n) is 3.61. The minimum Gasteiger partial charge on any atom is -0.348 e. The molecule has 0 amide bonds. The minimum atomic E-state index is -0.347. The maximum absolute atomic E-state index is 11.0. The maximum Gasteiger partial charge on any atom is 0.272 e. The fourth-order valence-corrected chi connectivity index (χ4v) is 3.61. The van der Waals surface area contributed by atoms with Crippen LogP contribution in [0.15, 0.2) is 12.1 Å². The Kier molecular flexibility index (Phi) is 3.71. The standard InChI is InChI=1S/C16H21NO4/c1-11-10-15(17(18)19)12(2)9-14(11)13-3-5-16(6-4-13)20-7-8-21-16/h9-10,13H,3-8H2,1-2H3. The lowest BCUT2D eigenvalue weighted by Gasteiger charge is -2.36. The van der Waals surface area contributed by atoms with Crippen molar-refractivity contribution in [1.29, 1.82) is 0 Å². The van der Waals surface area contributed by atoms with Gasteiger partial charge in [0.05, 0.1) is 18.1 Å². The lowest BCUT2D eigenvalue weighted by molar-refractivity contribution is -0.385. The summed E-state index contributed by atoms with van der Waals surface area (Å²) in [5.74, 6) is 0.100. The molecule has 3 rings (SSSR count).